The van der Waals surface area contributed by atoms with Crippen molar-refractivity contribution in [2.75, 3.05) is 30.4 Å². The summed E-state index contributed by atoms with van der Waals surface area (Å²) in [6, 6.07) is 2.00. The second-order valence-corrected chi connectivity index (χ2v) is 5.87. The number of hydrogen-bond acceptors (Lipinski definition) is 5. The Hall–Kier alpha value is -1.36. The van der Waals surface area contributed by atoms with Crippen molar-refractivity contribution in [2.24, 2.45) is 0 Å². The van der Waals surface area contributed by atoms with Crippen molar-refractivity contribution in [1.29, 1.82) is 0 Å². The molecule has 0 radical (unpaired) electrons. The van der Waals surface area contributed by atoms with Gasteiger partial charge < -0.3 is 15.3 Å². The fraction of sp³-hybridized carbons (Fsp3) is 0.733. The van der Waals surface area contributed by atoms with Crippen molar-refractivity contribution in [3.63, 3.8) is 0 Å². The third kappa shape index (κ3) is 3.82. The van der Waals surface area contributed by atoms with Crippen LogP contribution < -0.4 is 10.2 Å². The highest BCUT2D eigenvalue weighted by Gasteiger charge is 2.25. The first kappa shape index (κ1) is 15.0. The Bertz CT molecular complexity index is 447. The van der Waals surface area contributed by atoms with Gasteiger partial charge in [-0.25, -0.2) is 9.97 Å². The molecule has 0 amide bonds. The molecule has 0 spiro atoms. The quantitative estimate of drug-likeness (QED) is 0.884. The van der Waals surface area contributed by atoms with Crippen LogP contribution in [0.25, 0.3) is 0 Å². The van der Waals surface area contributed by atoms with Crippen LogP contribution in [-0.4, -0.2) is 40.8 Å². The first-order valence-corrected chi connectivity index (χ1v) is 7.57. The van der Waals surface area contributed by atoms with Crippen LogP contribution in [0.4, 0.5) is 11.6 Å². The largest absolute Gasteiger partial charge is 0.390 e. The monoisotopic (exact) mass is 278 g/mol. The van der Waals surface area contributed by atoms with Gasteiger partial charge in [0.25, 0.3) is 0 Å². The molecule has 2 N–H and O–H groups in total. The van der Waals surface area contributed by atoms with Gasteiger partial charge in [0, 0.05) is 32.6 Å². The van der Waals surface area contributed by atoms with Crippen molar-refractivity contribution in [1.82, 2.24) is 9.97 Å². The van der Waals surface area contributed by atoms with E-state index in [0.29, 0.717) is 0 Å². The molecule has 1 unspecified atom stereocenters. The molecule has 1 aliphatic heterocycles. The lowest BCUT2D eigenvalue weighted by Gasteiger charge is -2.24. The van der Waals surface area contributed by atoms with Gasteiger partial charge in [-0.15, -0.1) is 0 Å². The normalized spacial score (nSPS) is 23.5. The number of aryl methyl sites for hydroxylation is 1. The van der Waals surface area contributed by atoms with E-state index < -0.39 is 5.60 Å². The van der Waals surface area contributed by atoms with E-state index in [0.717, 1.165) is 62.7 Å². The van der Waals surface area contributed by atoms with E-state index in [9.17, 15) is 5.11 Å². The van der Waals surface area contributed by atoms with E-state index in [1.807, 2.05) is 20.0 Å². The van der Waals surface area contributed by atoms with Crippen LogP contribution in [0.5, 0.6) is 0 Å². The van der Waals surface area contributed by atoms with Crippen LogP contribution in [0.15, 0.2) is 6.07 Å². The third-order valence-corrected chi connectivity index (χ3v) is 3.88. The Balaban J connectivity index is 2.20. The molecule has 0 bridgehead atoms. The number of nitrogens with zero attached hydrogens (tertiary/aromatic N) is 3. The average Bonchev–Trinajstić information content (AvgIpc) is 2.59. The fourth-order valence-electron chi connectivity index (χ4n) is 2.60. The summed E-state index contributed by atoms with van der Waals surface area (Å²) in [4.78, 5) is 11.4. The van der Waals surface area contributed by atoms with Crippen molar-refractivity contribution in [3.8, 4) is 0 Å². The van der Waals surface area contributed by atoms with Crippen LogP contribution in [-0.2, 0) is 6.42 Å². The highest BCUT2D eigenvalue weighted by molar-refractivity contribution is 5.49. The first-order valence-electron chi connectivity index (χ1n) is 7.57. The summed E-state index contributed by atoms with van der Waals surface area (Å²) in [5.41, 5.74) is -0.542. The zero-order valence-electron chi connectivity index (χ0n) is 12.8. The summed E-state index contributed by atoms with van der Waals surface area (Å²) in [6.07, 6.45) is 4.58. The number of anilines is 2. The molecule has 1 fully saturated rings. The van der Waals surface area contributed by atoms with Gasteiger partial charge in [0.1, 0.15) is 17.5 Å². The van der Waals surface area contributed by atoms with Crippen molar-refractivity contribution in [2.45, 2.75) is 51.6 Å². The van der Waals surface area contributed by atoms with E-state index in [1.165, 1.54) is 0 Å². The SMILES string of the molecule is CCCc1nc(NC)cc(N2CCCC(C)(O)CC2)n1. The van der Waals surface area contributed by atoms with Crippen LogP contribution in [0.1, 0.15) is 45.4 Å². The van der Waals surface area contributed by atoms with Crippen LogP contribution >= 0.6 is 0 Å². The Kier molecular flexibility index (Phi) is 4.81. The number of aromatic nitrogens is 2. The minimum Gasteiger partial charge on any atom is -0.390 e. The Morgan fingerprint density at radius 2 is 2.15 bits per heavy atom. The Morgan fingerprint density at radius 1 is 1.35 bits per heavy atom. The lowest BCUT2D eigenvalue weighted by atomic mass is 9.98. The van der Waals surface area contributed by atoms with Gasteiger partial charge in [0.05, 0.1) is 5.60 Å². The zero-order valence-corrected chi connectivity index (χ0v) is 12.8. The number of nitrogens with one attached hydrogen (secondary N) is 1. The molecule has 1 aromatic rings. The molecule has 5 nitrogen and oxygen atoms in total. The molecule has 112 valence electrons. The number of aliphatic hydroxyl groups is 1. The predicted molar refractivity (Wildman–Crippen MR) is 82.3 cm³/mol. The van der Waals surface area contributed by atoms with Crippen molar-refractivity contribution < 1.29 is 5.11 Å². The molecule has 2 heterocycles. The second-order valence-electron chi connectivity index (χ2n) is 5.87. The lowest BCUT2D eigenvalue weighted by Crippen LogP contribution is -2.29. The zero-order chi connectivity index (χ0) is 14.6. The van der Waals surface area contributed by atoms with Crippen molar-refractivity contribution in [3.05, 3.63) is 11.9 Å². The van der Waals surface area contributed by atoms with Crippen LogP contribution in [0.2, 0.25) is 0 Å². The first-order chi connectivity index (χ1) is 9.54. The van der Waals surface area contributed by atoms with Crippen LogP contribution in [0.3, 0.4) is 0 Å². The van der Waals surface area contributed by atoms with Gasteiger partial charge in [0.2, 0.25) is 0 Å². The third-order valence-electron chi connectivity index (χ3n) is 3.88. The van der Waals surface area contributed by atoms with Crippen LogP contribution in [0, 0.1) is 0 Å². The van der Waals surface area contributed by atoms with Crippen molar-refractivity contribution >= 4 is 11.6 Å². The average molecular weight is 278 g/mol. The summed E-state index contributed by atoms with van der Waals surface area (Å²) >= 11 is 0. The minimum atomic E-state index is -0.542. The molecule has 1 saturated heterocycles. The van der Waals surface area contributed by atoms with Gasteiger partial charge in [-0.05, 0) is 32.6 Å². The summed E-state index contributed by atoms with van der Waals surface area (Å²) in [6.45, 7) is 5.86. The molecule has 1 aliphatic rings. The van der Waals surface area contributed by atoms with Gasteiger partial charge in [-0.2, -0.15) is 0 Å². The molecule has 5 heteroatoms. The molecule has 0 aliphatic carbocycles. The maximum atomic E-state index is 10.2. The molecule has 20 heavy (non-hydrogen) atoms. The summed E-state index contributed by atoms with van der Waals surface area (Å²) in [5, 5.41) is 13.3. The molecule has 2 rings (SSSR count). The minimum absolute atomic E-state index is 0.542. The van der Waals surface area contributed by atoms with E-state index >= 15 is 0 Å². The van der Waals surface area contributed by atoms with Gasteiger partial charge >= 0.3 is 0 Å². The summed E-state index contributed by atoms with van der Waals surface area (Å²) in [7, 11) is 1.88. The Morgan fingerprint density at radius 3 is 2.85 bits per heavy atom. The van der Waals surface area contributed by atoms with E-state index in [-0.39, 0.29) is 0 Å². The second kappa shape index (κ2) is 6.39. The molecule has 1 atom stereocenters. The lowest BCUT2D eigenvalue weighted by molar-refractivity contribution is 0.0481. The predicted octanol–water partition coefficient (Wildman–Crippen LogP) is 2.21. The standard InChI is InChI=1S/C15H26N4O/c1-4-6-12-17-13(16-3)11-14(18-12)19-9-5-7-15(2,20)8-10-19/h11,20H,4-10H2,1-3H3,(H,16,17,18). The topological polar surface area (TPSA) is 61.3 Å². The summed E-state index contributed by atoms with van der Waals surface area (Å²) in [5.74, 6) is 2.74. The summed E-state index contributed by atoms with van der Waals surface area (Å²) < 4.78 is 0. The molecule has 0 aromatic carbocycles. The van der Waals surface area contributed by atoms with Gasteiger partial charge in [0.15, 0.2) is 0 Å². The molecule has 1 aromatic heterocycles. The smallest absolute Gasteiger partial charge is 0.134 e. The van der Waals surface area contributed by atoms with Gasteiger partial charge in [-0.1, -0.05) is 6.92 Å². The fourth-order valence-corrected chi connectivity index (χ4v) is 2.60. The van der Waals surface area contributed by atoms with Gasteiger partial charge in [-0.3, -0.25) is 0 Å². The maximum Gasteiger partial charge on any atom is 0.134 e. The van der Waals surface area contributed by atoms with E-state index in [1.54, 1.807) is 0 Å². The molecular weight excluding hydrogens is 252 g/mol. The Labute approximate surface area is 121 Å². The highest BCUT2D eigenvalue weighted by Crippen LogP contribution is 2.25. The molecule has 0 saturated carbocycles. The van der Waals surface area contributed by atoms with E-state index in [4.69, 9.17) is 0 Å². The molecular formula is C15H26N4O. The highest BCUT2D eigenvalue weighted by atomic mass is 16.3. The maximum absolute atomic E-state index is 10.2. The number of hydrogen-bond donors (Lipinski definition) is 2. The van der Waals surface area contributed by atoms with E-state index in [2.05, 4.69) is 27.1 Å². The number of rotatable bonds is 4.